The zero-order valence-electron chi connectivity index (χ0n) is 9.80. The van der Waals surface area contributed by atoms with Crippen molar-refractivity contribution in [2.45, 2.75) is 6.92 Å². The maximum absolute atomic E-state index is 11.2. The van der Waals surface area contributed by atoms with E-state index in [1.165, 1.54) is 0 Å². The molecule has 6 heteroatoms. The first-order valence-electron chi connectivity index (χ1n) is 5.48. The Kier molecular flexibility index (Phi) is 3.47. The van der Waals surface area contributed by atoms with Gasteiger partial charge in [-0.2, -0.15) is 4.98 Å². The third-order valence-electron chi connectivity index (χ3n) is 2.17. The van der Waals surface area contributed by atoms with E-state index in [0.29, 0.717) is 18.0 Å². The van der Waals surface area contributed by atoms with E-state index < -0.39 is 5.56 Å². The number of nitrogens with one attached hydrogen (secondary N) is 2. The maximum atomic E-state index is 11.2. The molecule has 2 aromatic rings. The number of hydrogen-bond donors (Lipinski definition) is 3. The summed E-state index contributed by atoms with van der Waals surface area (Å²) in [6.07, 6.45) is 0. The number of hydrogen-bond acceptors (Lipinski definition) is 5. The molecule has 1 aromatic carbocycles. The monoisotopic (exact) mass is 247 g/mol. The summed E-state index contributed by atoms with van der Waals surface area (Å²) in [5.74, 6) is 0.466. The van der Waals surface area contributed by atoms with Crippen LogP contribution in [0.25, 0.3) is 0 Å². The molecule has 0 unspecified atom stereocenters. The topological polar surface area (TPSA) is 87.2 Å². The largest absolute Gasteiger partial charge is 0.493 e. The number of anilines is 2. The van der Waals surface area contributed by atoms with Gasteiger partial charge in [-0.1, -0.05) is 12.1 Å². The lowest BCUT2D eigenvalue weighted by molar-refractivity contribution is 0.342. The molecule has 0 atom stereocenters. The van der Waals surface area contributed by atoms with Crippen molar-refractivity contribution in [2.24, 2.45) is 0 Å². The Morgan fingerprint density at radius 2 is 2.22 bits per heavy atom. The zero-order valence-corrected chi connectivity index (χ0v) is 9.80. The molecular weight excluding hydrogens is 234 g/mol. The van der Waals surface area contributed by atoms with Crippen LogP contribution in [0.3, 0.4) is 0 Å². The quantitative estimate of drug-likeness (QED) is 0.764. The van der Waals surface area contributed by atoms with E-state index in [2.05, 4.69) is 15.3 Å². The highest BCUT2D eigenvalue weighted by Gasteiger charge is 2.05. The fourth-order valence-electron chi connectivity index (χ4n) is 1.48. The van der Waals surface area contributed by atoms with Crippen LogP contribution in [0.2, 0.25) is 0 Å². The first-order chi connectivity index (χ1) is 8.69. The molecule has 0 radical (unpaired) electrons. The SMILES string of the molecule is CCOc1ccccc1Nc1nc(O)cc(=O)[nH]1. The molecule has 0 aliphatic carbocycles. The van der Waals surface area contributed by atoms with E-state index in [-0.39, 0.29) is 11.8 Å². The van der Waals surface area contributed by atoms with Gasteiger partial charge >= 0.3 is 0 Å². The second kappa shape index (κ2) is 5.22. The predicted molar refractivity (Wildman–Crippen MR) is 67.4 cm³/mol. The van der Waals surface area contributed by atoms with E-state index in [1.807, 2.05) is 19.1 Å². The molecule has 0 bridgehead atoms. The van der Waals surface area contributed by atoms with Crippen LogP contribution in [0.5, 0.6) is 11.6 Å². The molecule has 6 nitrogen and oxygen atoms in total. The molecular formula is C12H13N3O3. The van der Waals surface area contributed by atoms with Gasteiger partial charge in [0, 0.05) is 0 Å². The van der Waals surface area contributed by atoms with Crippen molar-refractivity contribution in [2.75, 3.05) is 11.9 Å². The molecule has 1 heterocycles. The van der Waals surface area contributed by atoms with E-state index >= 15 is 0 Å². The Morgan fingerprint density at radius 3 is 2.94 bits per heavy atom. The minimum atomic E-state index is -0.432. The summed E-state index contributed by atoms with van der Waals surface area (Å²) in [5, 5.41) is 12.1. The van der Waals surface area contributed by atoms with Crippen LogP contribution in [-0.4, -0.2) is 21.7 Å². The molecule has 0 spiro atoms. The maximum Gasteiger partial charge on any atom is 0.256 e. The summed E-state index contributed by atoms with van der Waals surface area (Å²) in [4.78, 5) is 17.4. The number of aromatic nitrogens is 2. The summed E-state index contributed by atoms with van der Waals surface area (Å²) in [6.45, 7) is 2.41. The summed E-state index contributed by atoms with van der Waals surface area (Å²) >= 11 is 0. The third-order valence-corrected chi connectivity index (χ3v) is 2.17. The lowest BCUT2D eigenvalue weighted by Gasteiger charge is -2.11. The number of H-pyrrole nitrogens is 1. The number of rotatable bonds is 4. The van der Waals surface area contributed by atoms with Crippen LogP contribution < -0.4 is 15.6 Å². The van der Waals surface area contributed by atoms with Gasteiger partial charge in [0.15, 0.2) is 0 Å². The predicted octanol–water partition coefficient (Wildman–Crippen LogP) is 1.62. The lowest BCUT2D eigenvalue weighted by Crippen LogP contribution is -2.09. The molecule has 0 amide bonds. The average Bonchev–Trinajstić information content (AvgIpc) is 2.30. The van der Waals surface area contributed by atoms with Gasteiger partial charge in [-0.05, 0) is 19.1 Å². The Balaban J connectivity index is 2.30. The van der Waals surface area contributed by atoms with Crippen LogP contribution in [0, 0.1) is 0 Å². The number of aromatic hydroxyl groups is 1. The van der Waals surface area contributed by atoms with Gasteiger partial charge in [0.25, 0.3) is 5.56 Å². The molecule has 2 rings (SSSR count). The molecule has 0 fully saturated rings. The summed E-state index contributed by atoms with van der Waals surface area (Å²) in [5.41, 5.74) is 0.229. The van der Waals surface area contributed by atoms with Crippen molar-refractivity contribution in [3.8, 4) is 11.6 Å². The van der Waals surface area contributed by atoms with Gasteiger partial charge in [0.05, 0.1) is 18.4 Å². The number of ether oxygens (including phenoxy) is 1. The molecule has 0 aliphatic heterocycles. The molecule has 0 saturated carbocycles. The van der Waals surface area contributed by atoms with Gasteiger partial charge in [-0.25, -0.2) is 0 Å². The molecule has 3 N–H and O–H groups in total. The smallest absolute Gasteiger partial charge is 0.256 e. The van der Waals surface area contributed by atoms with Gasteiger partial charge < -0.3 is 15.2 Å². The second-order valence-electron chi connectivity index (χ2n) is 3.51. The van der Waals surface area contributed by atoms with Gasteiger partial charge in [0.1, 0.15) is 5.75 Å². The molecule has 94 valence electrons. The fraction of sp³-hybridized carbons (Fsp3) is 0.167. The van der Waals surface area contributed by atoms with E-state index in [1.54, 1.807) is 12.1 Å². The summed E-state index contributed by atoms with van der Waals surface area (Å²) in [7, 11) is 0. The van der Waals surface area contributed by atoms with Crippen molar-refractivity contribution in [1.29, 1.82) is 0 Å². The highest BCUT2D eigenvalue weighted by molar-refractivity contribution is 5.62. The summed E-state index contributed by atoms with van der Waals surface area (Å²) < 4.78 is 5.42. The van der Waals surface area contributed by atoms with Crippen LogP contribution in [-0.2, 0) is 0 Å². The van der Waals surface area contributed by atoms with Crippen LogP contribution >= 0.6 is 0 Å². The minimum Gasteiger partial charge on any atom is -0.493 e. The average molecular weight is 247 g/mol. The first kappa shape index (κ1) is 12.0. The Labute approximate surface area is 103 Å². The molecule has 0 aliphatic rings. The van der Waals surface area contributed by atoms with Gasteiger partial charge in [-0.15, -0.1) is 0 Å². The Morgan fingerprint density at radius 1 is 1.44 bits per heavy atom. The van der Waals surface area contributed by atoms with E-state index in [0.717, 1.165) is 6.07 Å². The third kappa shape index (κ3) is 2.79. The zero-order chi connectivity index (χ0) is 13.0. The molecule has 0 saturated heterocycles. The summed E-state index contributed by atoms with van der Waals surface area (Å²) in [6, 6.07) is 8.25. The number of nitrogens with zero attached hydrogens (tertiary/aromatic N) is 1. The number of benzene rings is 1. The minimum absolute atomic E-state index is 0.159. The standard InChI is InChI=1S/C12H13N3O3/c1-2-18-9-6-4-3-5-8(9)13-12-14-10(16)7-11(17)15-12/h3-7H,2H2,1H3,(H3,13,14,15,16,17). The number of para-hydroxylation sites is 2. The Hall–Kier alpha value is -2.50. The Bertz CT molecular complexity index is 595. The number of aromatic amines is 1. The second-order valence-corrected chi connectivity index (χ2v) is 3.51. The van der Waals surface area contributed by atoms with Crippen molar-refractivity contribution >= 4 is 11.6 Å². The highest BCUT2D eigenvalue weighted by atomic mass is 16.5. The normalized spacial score (nSPS) is 10.1. The van der Waals surface area contributed by atoms with Gasteiger partial charge in [0.2, 0.25) is 11.8 Å². The van der Waals surface area contributed by atoms with Gasteiger partial charge in [-0.3, -0.25) is 9.78 Å². The highest BCUT2D eigenvalue weighted by Crippen LogP contribution is 2.25. The molecule has 1 aromatic heterocycles. The fourth-order valence-corrected chi connectivity index (χ4v) is 1.48. The van der Waals surface area contributed by atoms with E-state index in [9.17, 15) is 9.90 Å². The van der Waals surface area contributed by atoms with Crippen LogP contribution in [0.4, 0.5) is 11.6 Å². The van der Waals surface area contributed by atoms with Crippen molar-refractivity contribution in [3.05, 3.63) is 40.7 Å². The lowest BCUT2D eigenvalue weighted by atomic mass is 10.3. The first-order valence-corrected chi connectivity index (χ1v) is 5.48. The van der Waals surface area contributed by atoms with Crippen LogP contribution in [0.15, 0.2) is 35.1 Å². The molecule has 18 heavy (non-hydrogen) atoms. The van der Waals surface area contributed by atoms with Crippen LogP contribution in [0.1, 0.15) is 6.92 Å². The van der Waals surface area contributed by atoms with Crippen molar-refractivity contribution in [3.63, 3.8) is 0 Å². The van der Waals surface area contributed by atoms with Crippen molar-refractivity contribution < 1.29 is 9.84 Å². The van der Waals surface area contributed by atoms with E-state index in [4.69, 9.17) is 4.74 Å². The van der Waals surface area contributed by atoms with Crippen molar-refractivity contribution in [1.82, 2.24) is 9.97 Å².